The standard InChI is InChI=1S/C15H34N2O/c1-13(2)12-16-8-7-10-18-11-9-17(14(3)4)15(5)6/h13-16H,7-12H2,1-6H3. The minimum atomic E-state index is 0.598. The molecule has 0 saturated carbocycles. The maximum absolute atomic E-state index is 5.69. The highest BCUT2D eigenvalue weighted by Crippen LogP contribution is 2.03. The topological polar surface area (TPSA) is 24.5 Å². The van der Waals surface area contributed by atoms with E-state index in [0.29, 0.717) is 12.1 Å². The number of nitrogens with zero attached hydrogens (tertiary/aromatic N) is 1. The van der Waals surface area contributed by atoms with Crippen LogP contribution in [0.3, 0.4) is 0 Å². The van der Waals surface area contributed by atoms with Gasteiger partial charge in [0.25, 0.3) is 0 Å². The molecule has 0 fully saturated rings. The summed E-state index contributed by atoms with van der Waals surface area (Å²) in [6, 6.07) is 1.20. The van der Waals surface area contributed by atoms with Gasteiger partial charge in [-0.3, -0.25) is 4.90 Å². The van der Waals surface area contributed by atoms with Crippen LogP contribution in [0, 0.1) is 5.92 Å². The Bertz CT molecular complexity index is 173. The summed E-state index contributed by atoms with van der Waals surface area (Å²) >= 11 is 0. The number of rotatable bonds is 11. The van der Waals surface area contributed by atoms with E-state index in [9.17, 15) is 0 Å². The van der Waals surface area contributed by atoms with Crippen LogP contribution in [-0.2, 0) is 4.74 Å². The van der Waals surface area contributed by atoms with Gasteiger partial charge in [-0.1, -0.05) is 13.8 Å². The van der Waals surface area contributed by atoms with Crippen molar-refractivity contribution in [1.29, 1.82) is 0 Å². The first-order valence-electron chi connectivity index (χ1n) is 7.49. The second-order valence-electron chi connectivity index (χ2n) is 5.99. The van der Waals surface area contributed by atoms with Crippen LogP contribution < -0.4 is 5.32 Å². The van der Waals surface area contributed by atoms with E-state index in [0.717, 1.165) is 45.2 Å². The quantitative estimate of drug-likeness (QED) is 0.577. The Morgan fingerprint density at radius 3 is 2.06 bits per heavy atom. The fourth-order valence-corrected chi connectivity index (χ4v) is 2.07. The first-order valence-corrected chi connectivity index (χ1v) is 7.49. The molecular weight excluding hydrogens is 224 g/mol. The number of ether oxygens (including phenoxy) is 1. The largest absolute Gasteiger partial charge is 0.380 e. The summed E-state index contributed by atoms with van der Waals surface area (Å²) in [5, 5.41) is 3.43. The van der Waals surface area contributed by atoms with E-state index >= 15 is 0 Å². The van der Waals surface area contributed by atoms with E-state index in [1.54, 1.807) is 0 Å². The van der Waals surface area contributed by atoms with E-state index in [-0.39, 0.29) is 0 Å². The highest BCUT2D eigenvalue weighted by molar-refractivity contribution is 4.66. The zero-order valence-corrected chi connectivity index (χ0v) is 13.3. The molecule has 110 valence electrons. The summed E-state index contributed by atoms with van der Waals surface area (Å²) in [7, 11) is 0. The molecule has 3 heteroatoms. The van der Waals surface area contributed by atoms with Crippen molar-refractivity contribution in [3.63, 3.8) is 0 Å². The molecule has 1 N–H and O–H groups in total. The van der Waals surface area contributed by atoms with Crippen molar-refractivity contribution in [3.8, 4) is 0 Å². The minimum Gasteiger partial charge on any atom is -0.380 e. The zero-order chi connectivity index (χ0) is 14.0. The van der Waals surface area contributed by atoms with Gasteiger partial charge in [0, 0.05) is 25.2 Å². The van der Waals surface area contributed by atoms with Crippen molar-refractivity contribution in [3.05, 3.63) is 0 Å². The van der Waals surface area contributed by atoms with Crippen LogP contribution >= 0.6 is 0 Å². The lowest BCUT2D eigenvalue weighted by molar-refractivity contribution is 0.0773. The third kappa shape index (κ3) is 9.86. The van der Waals surface area contributed by atoms with Gasteiger partial charge < -0.3 is 10.1 Å². The molecule has 0 aliphatic rings. The molecule has 0 aromatic heterocycles. The normalized spacial score (nSPS) is 12.3. The second kappa shape index (κ2) is 10.8. The van der Waals surface area contributed by atoms with Crippen LogP contribution in [0.4, 0.5) is 0 Å². The third-order valence-corrected chi connectivity index (χ3v) is 3.02. The van der Waals surface area contributed by atoms with Gasteiger partial charge in [-0.2, -0.15) is 0 Å². The molecule has 0 spiro atoms. The Balaban J connectivity index is 3.39. The van der Waals surface area contributed by atoms with Gasteiger partial charge in [-0.05, 0) is 53.1 Å². The SMILES string of the molecule is CC(C)CNCCCOCCN(C(C)C)C(C)C. The maximum Gasteiger partial charge on any atom is 0.0593 e. The molecule has 0 rings (SSSR count). The molecule has 0 aromatic carbocycles. The Morgan fingerprint density at radius 1 is 0.944 bits per heavy atom. The Hall–Kier alpha value is -0.120. The molecule has 0 heterocycles. The molecule has 0 aromatic rings. The van der Waals surface area contributed by atoms with E-state index < -0.39 is 0 Å². The van der Waals surface area contributed by atoms with Crippen molar-refractivity contribution in [2.75, 3.05) is 32.8 Å². The number of nitrogens with one attached hydrogen (secondary N) is 1. The lowest BCUT2D eigenvalue weighted by Gasteiger charge is -2.30. The van der Waals surface area contributed by atoms with Crippen molar-refractivity contribution in [1.82, 2.24) is 10.2 Å². The predicted octanol–water partition coefficient (Wildman–Crippen LogP) is 2.76. The van der Waals surface area contributed by atoms with Crippen molar-refractivity contribution in [2.24, 2.45) is 5.92 Å². The minimum absolute atomic E-state index is 0.598. The zero-order valence-electron chi connectivity index (χ0n) is 13.3. The summed E-state index contributed by atoms with van der Waals surface area (Å²) < 4.78 is 5.69. The predicted molar refractivity (Wildman–Crippen MR) is 80.1 cm³/mol. The molecule has 0 radical (unpaired) electrons. The van der Waals surface area contributed by atoms with Gasteiger partial charge in [0.2, 0.25) is 0 Å². The molecule has 0 unspecified atom stereocenters. The fraction of sp³-hybridized carbons (Fsp3) is 1.00. The molecule has 0 saturated heterocycles. The van der Waals surface area contributed by atoms with Gasteiger partial charge in [-0.25, -0.2) is 0 Å². The Kier molecular flexibility index (Phi) is 10.7. The average Bonchev–Trinajstić information content (AvgIpc) is 2.25. The summed E-state index contributed by atoms with van der Waals surface area (Å²) in [4.78, 5) is 2.47. The maximum atomic E-state index is 5.69. The van der Waals surface area contributed by atoms with Crippen LogP contribution in [0.2, 0.25) is 0 Å². The highest BCUT2D eigenvalue weighted by Gasteiger charge is 2.12. The van der Waals surface area contributed by atoms with Gasteiger partial charge in [0.05, 0.1) is 6.61 Å². The highest BCUT2D eigenvalue weighted by atomic mass is 16.5. The molecule has 3 nitrogen and oxygen atoms in total. The monoisotopic (exact) mass is 258 g/mol. The smallest absolute Gasteiger partial charge is 0.0593 e. The van der Waals surface area contributed by atoms with Gasteiger partial charge in [-0.15, -0.1) is 0 Å². The van der Waals surface area contributed by atoms with Crippen LogP contribution in [0.5, 0.6) is 0 Å². The van der Waals surface area contributed by atoms with Gasteiger partial charge in [0.15, 0.2) is 0 Å². The van der Waals surface area contributed by atoms with E-state index in [1.807, 2.05) is 0 Å². The van der Waals surface area contributed by atoms with E-state index in [2.05, 4.69) is 51.8 Å². The first kappa shape index (κ1) is 17.9. The average molecular weight is 258 g/mol. The van der Waals surface area contributed by atoms with Crippen molar-refractivity contribution >= 4 is 0 Å². The molecule has 0 atom stereocenters. The summed E-state index contributed by atoms with van der Waals surface area (Å²) in [5.41, 5.74) is 0. The van der Waals surface area contributed by atoms with E-state index in [4.69, 9.17) is 4.74 Å². The lowest BCUT2D eigenvalue weighted by atomic mass is 10.2. The first-order chi connectivity index (χ1) is 8.45. The lowest BCUT2D eigenvalue weighted by Crippen LogP contribution is -2.39. The molecular formula is C15H34N2O. The molecule has 0 aliphatic heterocycles. The van der Waals surface area contributed by atoms with E-state index in [1.165, 1.54) is 0 Å². The molecule has 0 bridgehead atoms. The second-order valence-corrected chi connectivity index (χ2v) is 5.99. The van der Waals surface area contributed by atoms with Crippen molar-refractivity contribution < 1.29 is 4.74 Å². The molecule has 18 heavy (non-hydrogen) atoms. The fourth-order valence-electron chi connectivity index (χ4n) is 2.07. The summed E-state index contributed by atoms with van der Waals surface area (Å²) in [6.07, 6.45) is 1.11. The number of hydrogen-bond donors (Lipinski definition) is 1. The van der Waals surface area contributed by atoms with Gasteiger partial charge >= 0.3 is 0 Å². The molecule has 0 amide bonds. The Labute approximate surface area is 114 Å². The summed E-state index contributed by atoms with van der Waals surface area (Å²) in [6.45, 7) is 18.4. The summed E-state index contributed by atoms with van der Waals surface area (Å²) in [5.74, 6) is 0.733. The van der Waals surface area contributed by atoms with Crippen LogP contribution in [0.25, 0.3) is 0 Å². The third-order valence-electron chi connectivity index (χ3n) is 3.02. The van der Waals surface area contributed by atoms with Crippen LogP contribution in [-0.4, -0.2) is 49.8 Å². The van der Waals surface area contributed by atoms with Crippen LogP contribution in [0.15, 0.2) is 0 Å². The molecule has 0 aliphatic carbocycles. The van der Waals surface area contributed by atoms with Crippen LogP contribution in [0.1, 0.15) is 48.0 Å². The van der Waals surface area contributed by atoms with Crippen molar-refractivity contribution in [2.45, 2.75) is 60.0 Å². The van der Waals surface area contributed by atoms with Gasteiger partial charge in [0.1, 0.15) is 0 Å². The Morgan fingerprint density at radius 2 is 1.56 bits per heavy atom. The number of hydrogen-bond acceptors (Lipinski definition) is 3.